The molecule has 1 aromatic heterocycles. The molecule has 2 heterocycles. The van der Waals surface area contributed by atoms with E-state index >= 15 is 0 Å². The highest BCUT2D eigenvalue weighted by Gasteiger charge is 2.16. The number of para-hydroxylation sites is 1. The summed E-state index contributed by atoms with van der Waals surface area (Å²) < 4.78 is 12.4. The van der Waals surface area contributed by atoms with Gasteiger partial charge in [-0.25, -0.2) is 4.68 Å². The quantitative estimate of drug-likeness (QED) is 0.347. The summed E-state index contributed by atoms with van der Waals surface area (Å²) in [7, 11) is 0. The van der Waals surface area contributed by atoms with Crippen molar-refractivity contribution < 1.29 is 14.3 Å². The Labute approximate surface area is 196 Å². The summed E-state index contributed by atoms with van der Waals surface area (Å²) in [6.45, 7) is 0.441. The molecule has 0 bridgehead atoms. The molecule has 0 saturated heterocycles. The third kappa shape index (κ3) is 4.38. The minimum atomic E-state index is -0.466. The SMILES string of the molecule is N#C/C(=C\c1cn(-c2ccccc2)nc1-c1ccccc1)C(=O)NCc1ccc2c(c1)OCO2. The van der Waals surface area contributed by atoms with Gasteiger partial charge in [-0.1, -0.05) is 54.6 Å². The Balaban J connectivity index is 1.42. The van der Waals surface area contributed by atoms with Gasteiger partial charge in [0.05, 0.1) is 11.4 Å². The zero-order valence-electron chi connectivity index (χ0n) is 18.1. The average molecular weight is 448 g/mol. The lowest BCUT2D eigenvalue weighted by Gasteiger charge is -2.06. The van der Waals surface area contributed by atoms with Crippen molar-refractivity contribution >= 4 is 12.0 Å². The summed E-state index contributed by atoms with van der Waals surface area (Å²) in [6.07, 6.45) is 3.39. The lowest BCUT2D eigenvalue weighted by molar-refractivity contribution is -0.117. The smallest absolute Gasteiger partial charge is 0.262 e. The molecule has 1 amide bonds. The number of ether oxygens (including phenoxy) is 2. The van der Waals surface area contributed by atoms with E-state index in [-0.39, 0.29) is 18.9 Å². The number of nitrogens with one attached hydrogen (secondary N) is 1. The normalized spacial score (nSPS) is 12.3. The Bertz CT molecular complexity index is 1400. The van der Waals surface area contributed by atoms with Crippen LogP contribution in [0.5, 0.6) is 11.5 Å². The molecule has 1 N–H and O–H groups in total. The van der Waals surface area contributed by atoms with E-state index < -0.39 is 5.91 Å². The van der Waals surface area contributed by atoms with Crippen LogP contribution in [-0.4, -0.2) is 22.5 Å². The van der Waals surface area contributed by atoms with Crippen molar-refractivity contribution in [2.45, 2.75) is 6.54 Å². The van der Waals surface area contributed by atoms with Crippen molar-refractivity contribution in [3.05, 3.63) is 102 Å². The molecule has 1 aliphatic rings. The second-order valence-corrected chi connectivity index (χ2v) is 7.62. The standard InChI is InChI=1S/C27H20N4O3/c28-15-21(27(32)29-16-19-11-12-24-25(13-19)34-18-33-24)14-22-17-31(23-9-5-2-6-10-23)30-26(22)20-7-3-1-4-8-20/h1-14,17H,16,18H2,(H,29,32)/b21-14+. The zero-order chi connectivity index (χ0) is 23.3. The Hall–Kier alpha value is -4.83. The van der Waals surface area contributed by atoms with Gasteiger partial charge in [0.25, 0.3) is 5.91 Å². The number of carbonyl (C=O) groups excluding carboxylic acids is 1. The highest BCUT2D eigenvalue weighted by molar-refractivity contribution is 6.02. The van der Waals surface area contributed by atoms with Crippen molar-refractivity contribution in [3.63, 3.8) is 0 Å². The molecular weight excluding hydrogens is 428 g/mol. The lowest BCUT2D eigenvalue weighted by atomic mass is 10.1. The fraction of sp³-hybridized carbons (Fsp3) is 0.0741. The van der Waals surface area contributed by atoms with Gasteiger partial charge in [-0.15, -0.1) is 0 Å². The molecule has 5 rings (SSSR count). The van der Waals surface area contributed by atoms with Gasteiger partial charge in [0.15, 0.2) is 11.5 Å². The molecule has 166 valence electrons. The topological polar surface area (TPSA) is 89.2 Å². The number of nitrogens with zero attached hydrogens (tertiary/aromatic N) is 3. The van der Waals surface area contributed by atoms with Crippen LogP contribution in [0.15, 0.2) is 90.6 Å². The van der Waals surface area contributed by atoms with Crippen LogP contribution in [0.1, 0.15) is 11.1 Å². The molecule has 7 heteroatoms. The number of benzene rings is 3. The highest BCUT2D eigenvalue weighted by atomic mass is 16.7. The summed E-state index contributed by atoms with van der Waals surface area (Å²) in [6, 6.07) is 26.8. The molecule has 1 aliphatic heterocycles. The van der Waals surface area contributed by atoms with Crippen LogP contribution in [0.2, 0.25) is 0 Å². The van der Waals surface area contributed by atoms with Gasteiger partial charge in [0.2, 0.25) is 6.79 Å². The fourth-order valence-electron chi connectivity index (χ4n) is 3.66. The van der Waals surface area contributed by atoms with Crippen LogP contribution >= 0.6 is 0 Å². The molecule has 0 saturated carbocycles. The maximum atomic E-state index is 12.8. The summed E-state index contributed by atoms with van der Waals surface area (Å²) in [4.78, 5) is 12.8. The van der Waals surface area contributed by atoms with Gasteiger partial charge in [0, 0.05) is 23.9 Å². The average Bonchev–Trinajstić information content (AvgIpc) is 3.53. The predicted molar refractivity (Wildman–Crippen MR) is 127 cm³/mol. The van der Waals surface area contributed by atoms with E-state index in [0.717, 1.165) is 16.8 Å². The van der Waals surface area contributed by atoms with E-state index in [9.17, 15) is 10.1 Å². The number of hydrogen-bond acceptors (Lipinski definition) is 5. The predicted octanol–water partition coefficient (Wildman–Crippen LogP) is 4.49. The van der Waals surface area contributed by atoms with Crippen LogP contribution in [0.3, 0.4) is 0 Å². The monoisotopic (exact) mass is 448 g/mol. The van der Waals surface area contributed by atoms with E-state index in [1.807, 2.05) is 85.1 Å². The van der Waals surface area contributed by atoms with Crippen molar-refractivity contribution in [2.24, 2.45) is 0 Å². The van der Waals surface area contributed by atoms with E-state index in [4.69, 9.17) is 14.6 Å². The largest absolute Gasteiger partial charge is 0.454 e. The van der Waals surface area contributed by atoms with Crippen LogP contribution < -0.4 is 14.8 Å². The first-order valence-electron chi connectivity index (χ1n) is 10.7. The summed E-state index contributed by atoms with van der Waals surface area (Å²) in [5, 5.41) is 17.3. The Morgan fingerprint density at radius 3 is 2.53 bits per heavy atom. The number of rotatable bonds is 6. The highest BCUT2D eigenvalue weighted by Crippen LogP contribution is 2.32. The van der Waals surface area contributed by atoms with Crippen LogP contribution in [0, 0.1) is 11.3 Å². The van der Waals surface area contributed by atoms with Gasteiger partial charge >= 0.3 is 0 Å². The molecule has 34 heavy (non-hydrogen) atoms. The van der Waals surface area contributed by atoms with Crippen molar-refractivity contribution in [2.75, 3.05) is 6.79 Å². The maximum Gasteiger partial charge on any atom is 0.262 e. The van der Waals surface area contributed by atoms with E-state index in [2.05, 4.69) is 5.32 Å². The van der Waals surface area contributed by atoms with Gasteiger partial charge in [-0.2, -0.15) is 10.4 Å². The molecule has 0 unspecified atom stereocenters. The Morgan fingerprint density at radius 1 is 1.03 bits per heavy atom. The van der Waals surface area contributed by atoms with Gasteiger partial charge in [-0.3, -0.25) is 4.79 Å². The van der Waals surface area contributed by atoms with Crippen LogP contribution in [0.4, 0.5) is 0 Å². The van der Waals surface area contributed by atoms with Crippen molar-refractivity contribution in [1.82, 2.24) is 15.1 Å². The van der Waals surface area contributed by atoms with Gasteiger partial charge in [0.1, 0.15) is 11.6 Å². The van der Waals surface area contributed by atoms with Crippen molar-refractivity contribution in [3.8, 4) is 34.5 Å². The van der Waals surface area contributed by atoms with Crippen molar-refractivity contribution in [1.29, 1.82) is 5.26 Å². The number of carbonyl (C=O) groups is 1. The van der Waals surface area contributed by atoms with E-state index in [1.165, 1.54) is 0 Å². The second-order valence-electron chi connectivity index (χ2n) is 7.62. The lowest BCUT2D eigenvalue weighted by Crippen LogP contribution is -2.23. The summed E-state index contributed by atoms with van der Waals surface area (Å²) in [5.74, 6) is 0.854. The second kappa shape index (κ2) is 9.35. The first-order valence-corrected chi connectivity index (χ1v) is 10.7. The van der Waals surface area contributed by atoms with Gasteiger partial charge < -0.3 is 14.8 Å². The minimum Gasteiger partial charge on any atom is -0.454 e. The molecule has 0 aliphatic carbocycles. The van der Waals surface area contributed by atoms with Gasteiger partial charge in [-0.05, 0) is 35.9 Å². The summed E-state index contributed by atoms with van der Waals surface area (Å²) >= 11 is 0. The third-order valence-electron chi connectivity index (χ3n) is 5.37. The van der Waals surface area contributed by atoms with E-state index in [1.54, 1.807) is 16.8 Å². The number of hydrogen-bond donors (Lipinski definition) is 1. The first kappa shape index (κ1) is 21.0. The molecule has 3 aromatic carbocycles. The first-order chi connectivity index (χ1) is 16.7. The molecule has 4 aromatic rings. The Kier molecular flexibility index (Phi) is 5.78. The molecule has 7 nitrogen and oxygen atoms in total. The minimum absolute atomic E-state index is 0.00876. The Morgan fingerprint density at radius 2 is 1.76 bits per heavy atom. The number of amides is 1. The van der Waals surface area contributed by atoms with Crippen LogP contribution in [0.25, 0.3) is 23.0 Å². The molecule has 0 spiro atoms. The summed E-state index contributed by atoms with van der Waals surface area (Å²) in [5.41, 5.74) is 3.96. The number of nitriles is 1. The molecule has 0 fully saturated rings. The molecular formula is C27H20N4O3. The maximum absolute atomic E-state index is 12.8. The fourth-order valence-corrected chi connectivity index (χ4v) is 3.66. The zero-order valence-corrected chi connectivity index (χ0v) is 18.1. The van der Waals surface area contributed by atoms with Crippen LogP contribution in [-0.2, 0) is 11.3 Å². The third-order valence-corrected chi connectivity index (χ3v) is 5.37. The molecule has 0 atom stereocenters. The number of aromatic nitrogens is 2. The van der Waals surface area contributed by atoms with E-state index in [0.29, 0.717) is 22.8 Å². The molecule has 0 radical (unpaired) electrons. The number of fused-ring (bicyclic) bond motifs is 1.